The van der Waals surface area contributed by atoms with Gasteiger partial charge < -0.3 is 25.7 Å². The average Bonchev–Trinajstić information content (AvgIpc) is 2.35. The van der Waals surface area contributed by atoms with E-state index < -0.39 is 0 Å². The number of rotatable bonds is 9. The van der Waals surface area contributed by atoms with Crippen molar-refractivity contribution in [1.29, 1.82) is 0 Å². The van der Waals surface area contributed by atoms with E-state index in [1.807, 2.05) is 0 Å². The van der Waals surface area contributed by atoms with Crippen molar-refractivity contribution in [2.45, 2.75) is 13.3 Å². The Morgan fingerprint density at radius 3 is 2.28 bits per heavy atom. The molecule has 5 heteroatoms. The molecule has 0 aliphatic carbocycles. The number of hydrogen-bond acceptors (Lipinski definition) is 5. The molecule has 0 heterocycles. The molecule has 1 aromatic carbocycles. The van der Waals surface area contributed by atoms with Crippen LogP contribution in [0.15, 0.2) is 18.2 Å². The van der Waals surface area contributed by atoms with Crippen LogP contribution < -0.4 is 16.2 Å². The van der Waals surface area contributed by atoms with Crippen molar-refractivity contribution < 1.29 is 14.2 Å². The van der Waals surface area contributed by atoms with Gasteiger partial charge in [0, 0.05) is 12.3 Å². The minimum atomic E-state index is 0.460. The van der Waals surface area contributed by atoms with Gasteiger partial charge in [0.25, 0.3) is 0 Å². The smallest absolute Gasteiger partial charge is 0.142 e. The van der Waals surface area contributed by atoms with Crippen LogP contribution in [0.3, 0.4) is 0 Å². The lowest BCUT2D eigenvalue weighted by Crippen LogP contribution is -2.11. The first-order chi connectivity index (χ1) is 8.74. The highest BCUT2D eigenvalue weighted by Crippen LogP contribution is 2.23. The van der Waals surface area contributed by atoms with Gasteiger partial charge in [-0.3, -0.25) is 0 Å². The first-order valence-electron chi connectivity index (χ1n) is 6.17. The fourth-order valence-corrected chi connectivity index (χ4v) is 1.38. The third kappa shape index (κ3) is 5.75. The van der Waals surface area contributed by atoms with E-state index in [9.17, 15) is 0 Å². The molecule has 0 atom stereocenters. The summed E-state index contributed by atoms with van der Waals surface area (Å²) in [6.07, 6.45) is 1.03. The Morgan fingerprint density at radius 1 is 0.944 bits per heavy atom. The lowest BCUT2D eigenvalue weighted by molar-refractivity contribution is 0.0367. The second-order valence-electron chi connectivity index (χ2n) is 3.87. The van der Waals surface area contributed by atoms with Crippen LogP contribution in [0.4, 0.5) is 11.4 Å². The van der Waals surface area contributed by atoms with E-state index in [1.54, 1.807) is 18.2 Å². The second-order valence-corrected chi connectivity index (χ2v) is 3.87. The fraction of sp³-hybridized carbons (Fsp3) is 0.538. The Balaban J connectivity index is 2.07. The van der Waals surface area contributed by atoms with Gasteiger partial charge >= 0.3 is 0 Å². The van der Waals surface area contributed by atoms with Gasteiger partial charge in [-0.2, -0.15) is 0 Å². The van der Waals surface area contributed by atoms with Gasteiger partial charge in [-0.1, -0.05) is 6.92 Å². The third-order valence-corrected chi connectivity index (χ3v) is 2.24. The molecule has 0 saturated heterocycles. The minimum absolute atomic E-state index is 0.460. The maximum absolute atomic E-state index is 5.75. The fourth-order valence-electron chi connectivity index (χ4n) is 1.38. The molecule has 0 radical (unpaired) electrons. The highest BCUT2D eigenvalue weighted by atomic mass is 16.5. The van der Waals surface area contributed by atoms with Gasteiger partial charge in [-0.25, -0.2) is 0 Å². The zero-order chi connectivity index (χ0) is 13.2. The molecule has 0 spiro atoms. The lowest BCUT2D eigenvalue weighted by Gasteiger charge is -2.09. The predicted molar refractivity (Wildman–Crippen MR) is 72.7 cm³/mol. The van der Waals surface area contributed by atoms with Gasteiger partial charge in [0.2, 0.25) is 0 Å². The van der Waals surface area contributed by atoms with Gasteiger partial charge in [-0.15, -0.1) is 0 Å². The van der Waals surface area contributed by atoms with E-state index in [2.05, 4.69) is 6.92 Å². The number of benzene rings is 1. The van der Waals surface area contributed by atoms with Crippen LogP contribution >= 0.6 is 0 Å². The molecule has 4 N–H and O–H groups in total. The van der Waals surface area contributed by atoms with Crippen LogP contribution in [-0.2, 0) is 9.47 Å². The average molecular weight is 254 g/mol. The Hall–Kier alpha value is -1.46. The highest BCUT2D eigenvalue weighted by molar-refractivity contribution is 5.60. The zero-order valence-electron chi connectivity index (χ0n) is 10.9. The molecule has 18 heavy (non-hydrogen) atoms. The van der Waals surface area contributed by atoms with Crippen molar-refractivity contribution in [3.63, 3.8) is 0 Å². The molecular formula is C13H22N2O3. The van der Waals surface area contributed by atoms with Gasteiger partial charge in [0.05, 0.1) is 25.5 Å². The SMILES string of the molecule is CCCOCCOCCOc1ccc(N)cc1N. The van der Waals surface area contributed by atoms with Gasteiger partial charge in [0.15, 0.2) is 0 Å². The molecule has 0 aliphatic heterocycles. The molecule has 1 rings (SSSR count). The monoisotopic (exact) mass is 254 g/mol. The molecule has 0 bridgehead atoms. The van der Waals surface area contributed by atoms with Crippen molar-refractivity contribution >= 4 is 11.4 Å². The van der Waals surface area contributed by atoms with Crippen molar-refractivity contribution in [2.24, 2.45) is 0 Å². The number of hydrogen-bond donors (Lipinski definition) is 2. The van der Waals surface area contributed by atoms with E-state index >= 15 is 0 Å². The number of ether oxygens (including phenoxy) is 3. The standard InChI is InChI=1S/C13H22N2O3/c1-2-5-16-6-7-17-8-9-18-13-4-3-11(14)10-12(13)15/h3-4,10H,2,5-9,14-15H2,1H3. The van der Waals surface area contributed by atoms with E-state index in [0.29, 0.717) is 43.6 Å². The molecule has 0 unspecified atom stereocenters. The second kappa shape index (κ2) is 8.60. The van der Waals surface area contributed by atoms with E-state index in [-0.39, 0.29) is 0 Å². The summed E-state index contributed by atoms with van der Waals surface area (Å²) >= 11 is 0. The summed E-state index contributed by atoms with van der Waals surface area (Å²) in [4.78, 5) is 0. The molecule has 102 valence electrons. The predicted octanol–water partition coefficient (Wildman–Crippen LogP) is 1.67. The molecule has 1 aromatic rings. The Morgan fingerprint density at radius 2 is 1.61 bits per heavy atom. The Labute approximate surface area is 108 Å². The van der Waals surface area contributed by atoms with Crippen LogP contribution in [-0.4, -0.2) is 33.0 Å². The van der Waals surface area contributed by atoms with Crippen molar-refractivity contribution in [3.05, 3.63) is 18.2 Å². The quantitative estimate of drug-likeness (QED) is 0.517. The summed E-state index contributed by atoms with van der Waals surface area (Å²) < 4.78 is 16.1. The maximum atomic E-state index is 5.75. The lowest BCUT2D eigenvalue weighted by atomic mass is 10.2. The molecule has 0 saturated carbocycles. The van der Waals surface area contributed by atoms with Crippen LogP contribution in [0, 0.1) is 0 Å². The number of nitrogen functional groups attached to an aromatic ring is 2. The van der Waals surface area contributed by atoms with E-state index in [4.69, 9.17) is 25.7 Å². The van der Waals surface area contributed by atoms with Gasteiger partial charge in [-0.05, 0) is 24.6 Å². The maximum Gasteiger partial charge on any atom is 0.142 e. The Bertz CT molecular complexity index is 345. The summed E-state index contributed by atoms with van der Waals surface area (Å²) in [6, 6.07) is 5.19. The van der Waals surface area contributed by atoms with E-state index in [1.165, 1.54) is 0 Å². The molecule has 0 fully saturated rings. The summed E-state index contributed by atoms with van der Waals surface area (Å²) in [7, 11) is 0. The largest absolute Gasteiger partial charge is 0.489 e. The summed E-state index contributed by atoms with van der Waals surface area (Å²) in [5.41, 5.74) is 12.5. The Kier molecular flexibility index (Phi) is 6.98. The molecule has 0 aliphatic rings. The molecule has 0 amide bonds. The van der Waals surface area contributed by atoms with Gasteiger partial charge in [0.1, 0.15) is 12.4 Å². The topological polar surface area (TPSA) is 79.7 Å². The van der Waals surface area contributed by atoms with Crippen LogP contribution in [0.5, 0.6) is 5.75 Å². The molecular weight excluding hydrogens is 232 g/mol. The summed E-state index contributed by atoms with van der Waals surface area (Å²) in [6.45, 7) is 5.03. The highest BCUT2D eigenvalue weighted by Gasteiger charge is 2.00. The first-order valence-corrected chi connectivity index (χ1v) is 6.17. The number of anilines is 2. The van der Waals surface area contributed by atoms with Crippen molar-refractivity contribution in [1.82, 2.24) is 0 Å². The normalized spacial score (nSPS) is 10.5. The summed E-state index contributed by atoms with van der Waals surface area (Å²) in [5, 5.41) is 0. The van der Waals surface area contributed by atoms with Crippen LogP contribution in [0.1, 0.15) is 13.3 Å². The zero-order valence-corrected chi connectivity index (χ0v) is 10.9. The van der Waals surface area contributed by atoms with E-state index in [0.717, 1.165) is 13.0 Å². The summed E-state index contributed by atoms with van der Waals surface area (Å²) in [5.74, 6) is 0.634. The first kappa shape index (κ1) is 14.6. The van der Waals surface area contributed by atoms with Crippen molar-refractivity contribution in [3.8, 4) is 5.75 Å². The minimum Gasteiger partial charge on any atom is -0.489 e. The van der Waals surface area contributed by atoms with Crippen LogP contribution in [0.2, 0.25) is 0 Å². The molecule has 5 nitrogen and oxygen atoms in total. The van der Waals surface area contributed by atoms with Crippen LogP contribution in [0.25, 0.3) is 0 Å². The number of nitrogens with two attached hydrogens (primary N) is 2. The third-order valence-electron chi connectivity index (χ3n) is 2.24. The molecule has 0 aromatic heterocycles. The van der Waals surface area contributed by atoms with Crippen molar-refractivity contribution in [2.75, 3.05) is 44.5 Å².